The van der Waals surface area contributed by atoms with E-state index in [1.54, 1.807) is 53.7 Å². The number of carbonyl (C=O) groups excluding carboxylic acids is 1. The normalized spacial score (nSPS) is 14.1. The predicted octanol–water partition coefficient (Wildman–Crippen LogP) is 2.90. The Morgan fingerprint density at radius 3 is 2.62 bits per heavy atom. The van der Waals surface area contributed by atoms with Crippen molar-refractivity contribution in [2.75, 3.05) is 31.6 Å². The molecule has 1 aliphatic rings. The van der Waals surface area contributed by atoms with Crippen molar-refractivity contribution < 1.29 is 14.3 Å². The Kier molecular flexibility index (Phi) is 5.91. The van der Waals surface area contributed by atoms with Gasteiger partial charge in [0.15, 0.2) is 11.5 Å². The maximum atomic E-state index is 13.6. The number of hydrogen-bond acceptors (Lipinski definition) is 7. The number of aliphatic hydroxyl groups is 1. The number of benzene rings is 1. The van der Waals surface area contributed by atoms with Gasteiger partial charge in [-0.25, -0.2) is 18.9 Å². The van der Waals surface area contributed by atoms with Crippen LogP contribution in [-0.2, 0) is 0 Å². The van der Waals surface area contributed by atoms with Crippen LogP contribution in [0.5, 0.6) is 0 Å². The number of halogens is 1. The Labute approximate surface area is 211 Å². The Morgan fingerprint density at radius 1 is 1.08 bits per heavy atom. The summed E-state index contributed by atoms with van der Waals surface area (Å²) in [6, 6.07) is 13.3. The van der Waals surface area contributed by atoms with Crippen LogP contribution >= 0.6 is 0 Å². The van der Waals surface area contributed by atoms with Crippen LogP contribution in [0.2, 0.25) is 0 Å². The fourth-order valence-corrected chi connectivity index (χ4v) is 4.51. The van der Waals surface area contributed by atoms with Gasteiger partial charge in [-0.05, 0) is 48.5 Å². The number of imidazole rings is 2. The third-order valence-corrected chi connectivity index (χ3v) is 6.41. The Morgan fingerprint density at radius 2 is 1.86 bits per heavy atom. The van der Waals surface area contributed by atoms with Crippen LogP contribution in [0.3, 0.4) is 0 Å². The highest BCUT2D eigenvalue weighted by molar-refractivity contribution is 6.03. The van der Waals surface area contributed by atoms with Crippen LogP contribution < -0.4 is 5.32 Å². The van der Waals surface area contributed by atoms with E-state index >= 15 is 0 Å². The minimum absolute atomic E-state index is 0.114. The molecule has 37 heavy (non-hydrogen) atoms. The summed E-state index contributed by atoms with van der Waals surface area (Å²) in [4.78, 5) is 27.8. The zero-order chi connectivity index (χ0) is 25.4. The second-order valence-corrected chi connectivity index (χ2v) is 8.83. The maximum Gasteiger partial charge on any atom is 0.256 e. The van der Waals surface area contributed by atoms with Gasteiger partial charge in [-0.2, -0.15) is 5.10 Å². The smallest absolute Gasteiger partial charge is 0.256 e. The molecule has 1 aliphatic heterocycles. The van der Waals surface area contributed by atoms with Crippen molar-refractivity contribution in [3.05, 3.63) is 84.8 Å². The topological polar surface area (TPSA) is 113 Å². The van der Waals surface area contributed by atoms with Crippen molar-refractivity contribution >= 4 is 17.4 Å². The summed E-state index contributed by atoms with van der Waals surface area (Å²) in [6.45, 7) is 2.30. The van der Waals surface area contributed by atoms with Crippen molar-refractivity contribution in [2.45, 2.75) is 6.04 Å². The van der Waals surface area contributed by atoms with E-state index in [4.69, 9.17) is 5.10 Å². The van der Waals surface area contributed by atoms with Crippen molar-refractivity contribution in [3.8, 4) is 22.6 Å². The fourth-order valence-electron chi connectivity index (χ4n) is 4.51. The van der Waals surface area contributed by atoms with Gasteiger partial charge in [-0.15, -0.1) is 0 Å². The predicted molar refractivity (Wildman–Crippen MR) is 134 cm³/mol. The second kappa shape index (κ2) is 9.52. The molecule has 10 nitrogen and oxygen atoms in total. The molecule has 0 aliphatic carbocycles. The lowest BCUT2D eigenvalue weighted by molar-refractivity contribution is 0.0846. The Balaban J connectivity index is 1.36. The molecule has 6 rings (SSSR count). The number of β-amino-alcohol motifs (C(OH)–C–C–N with tert-alkyl or cyclic N) is 1. The summed E-state index contributed by atoms with van der Waals surface area (Å²) >= 11 is 0. The summed E-state index contributed by atoms with van der Waals surface area (Å²) in [5, 5.41) is 16.8. The van der Waals surface area contributed by atoms with E-state index in [9.17, 15) is 14.3 Å². The number of aromatic nitrogens is 6. The molecule has 1 aromatic carbocycles. The summed E-state index contributed by atoms with van der Waals surface area (Å²) in [7, 11) is 0. The van der Waals surface area contributed by atoms with E-state index < -0.39 is 0 Å². The third-order valence-electron chi connectivity index (χ3n) is 6.41. The molecule has 1 saturated heterocycles. The Hall–Kier alpha value is -4.48. The molecule has 2 N–H and O–H groups in total. The first kappa shape index (κ1) is 23.0. The first-order valence-electron chi connectivity index (χ1n) is 11.8. The molecule has 1 amide bonds. The van der Waals surface area contributed by atoms with Gasteiger partial charge in [0.25, 0.3) is 5.91 Å². The van der Waals surface area contributed by atoms with E-state index in [1.807, 2.05) is 12.1 Å². The second-order valence-electron chi connectivity index (χ2n) is 8.83. The zero-order valence-corrected chi connectivity index (χ0v) is 19.7. The molecule has 4 aromatic heterocycles. The highest BCUT2D eigenvalue weighted by Crippen LogP contribution is 2.35. The van der Waals surface area contributed by atoms with Crippen LogP contribution in [0.1, 0.15) is 16.4 Å². The average Bonchev–Trinajstić information content (AvgIpc) is 3.50. The molecule has 186 valence electrons. The van der Waals surface area contributed by atoms with Gasteiger partial charge >= 0.3 is 0 Å². The number of likely N-dealkylation sites (tertiary alicyclic amines) is 1. The summed E-state index contributed by atoms with van der Waals surface area (Å²) in [5.74, 6) is -0.236. The third kappa shape index (κ3) is 4.46. The molecule has 0 saturated carbocycles. The number of carbonyl (C=O) groups is 1. The van der Waals surface area contributed by atoms with Gasteiger partial charge in [-0.1, -0.05) is 0 Å². The van der Waals surface area contributed by atoms with Gasteiger partial charge in [0.1, 0.15) is 11.5 Å². The number of amides is 1. The molecule has 1 fully saturated rings. The monoisotopic (exact) mass is 498 g/mol. The number of nitrogens with zero attached hydrogens (tertiary/aromatic N) is 7. The van der Waals surface area contributed by atoms with Gasteiger partial charge in [0, 0.05) is 43.2 Å². The number of pyridine rings is 1. The molecule has 0 radical (unpaired) electrons. The van der Waals surface area contributed by atoms with Crippen molar-refractivity contribution in [2.24, 2.45) is 0 Å². The van der Waals surface area contributed by atoms with Crippen LogP contribution in [0, 0.1) is 5.82 Å². The number of aliphatic hydroxyl groups excluding tert-OH is 1. The summed E-state index contributed by atoms with van der Waals surface area (Å²) in [5.41, 5.74) is 3.98. The number of nitrogens with one attached hydrogen (secondary N) is 1. The molecular weight excluding hydrogens is 475 g/mol. The molecule has 0 bridgehead atoms. The number of fused-ring (bicyclic) bond motifs is 1. The maximum absolute atomic E-state index is 13.6. The number of rotatable bonds is 7. The first-order valence-corrected chi connectivity index (χ1v) is 11.8. The minimum Gasteiger partial charge on any atom is -0.395 e. The molecule has 11 heteroatoms. The molecule has 0 spiro atoms. The first-order chi connectivity index (χ1) is 18.1. The number of hydrogen-bond donors (Lipinski definition) is 2. The highest BCUT2D eigenvalue weighted by atomic mass is 19.1. The van der Waals surface area contributed by atoms with Crippen molar-refractivity contribution in [1.82, 2.24) is 34.0 Å². The van der Waals surface area contributed by atoms with E-state index in [1.165, 1.54) is 12.1 Å². The zero-order valence-electron chi connectivity index (χ0n) is 19.7. The minimum atomic E-state index is -0.317. The van der Waals surface area contributed by atoms with E-state index in [2.05, 4.69) is 29.7 Å². The molecule has 5 heterocycles. The molecular formula is C26H23FN8O2. The van der Waals surface area contributed by atoms with Gasteiger partial charge in [0.05, 0.1) is 36.6 Å². The lowest BCUT2D eigenvalue weighted by atomic mass is 10.1. The van der Waals surface area contributed by atoms with Crippen LogP contribution in [-0.4, -0.2) is 71.3 Å². The lowest BCUT2D eigenvalue weighted by Gasteiger charge is -2.40. The van der Waals surface area contributed by atoms with Crippen LogP contribution in [0.15, 0.2) is 73.4 Å². The standard InChI is InChI=1S/C26H23FN8O2/c27-19-3-1-17(2-4-19)24-25(34(16-29-24)20-13-33(14-20)11-12-36)21-5-6-23-30-22(15-35(23)32-21)31-26(37)18-7-9-28-10-8-18/h1-10,15-16,20,36H,11-14H2,(H,31,37). The van der Waals surface area contributed by atoms with Crippen molar-refractivity contribution in [1.29, 1.82) is 0 Å². The fraction of sp³-hybridized carbons (Fsp3) is 0.192. The van der Waals surface area contributed by atoms with Crippen LogP contribution in [0.4, 0.5) is 10.2 Å². The largest absolute Gasteiger partial charge is 0.395 e. The SMILES string of the molecule is O=C(Nc1cn2nc(-c3c(-c4ccc(F)cc4)ncn3C3CN(CCO)C3)ccc2n1)c1ccncc1. The van der Waals surface area contributed by atoms with Gasteiger partial charge in [0.2, 0.25) is 0 Å². The van der Waals surface area contributed by atoms with Crippen LogP contribution in [0.25, 0.3) is 28.3 Å². The molecule has 0 atom stereocenters. The summed E-state index contributed by atoms with van der Waals surface area (Å²) < 4.78 is 17.3. The summed E-state index contributed by atoms with van der Waals surface area (Å²) in [6.07, 6.45) is 6.55. The van der Waals surface area contributed by atoms with E-state index in [0.717, 1.165) is 24.3 Å². The molecule has 5 aromatic rings. The number of anilines is 1. The van der Waals surface area contributed by atoms with Crippen molar-refractivity contribution in [3.63, 3.8) is 0 Å². The Bertz CT molecular complexity index is 1560. The quantitative estimate of drug-likeness (QED) is 0.355. The van der Waals surface area contributed by atoms with E-state index in [-0.39, 0.29) is 24.4 Å². The highest BCUT2D eigenvalue weighted by Gasteiger charge is 2.31. The van der Waals surface area contributed by atoms with E-state index in [0.29, 0.717) is 35.0 Å². The van der Waals surface area contributed by atoms with Gasteiger partial charge in [-0.3, -0.25) is 14.7 Å². The van der Waals surface area contributed by atoms with Gasteiger partial charge < -0.3 is 15.0 Å². The molecule has 0 unspecified atom stereocenters. The lowest BCUT2D eigenvalue weighted by Crippen LogP contribution is -2.48. The average molecular weight is 499 g/mol.